The zero-order valence-electron chi connectivity index (χ0n) is 16.9. The van der Waals surface area contributed by atoms with Crippen LogP contribution in [0.2, 0.25) is 0 Å². The number of para-hydroxylation sites is 2. The minimum atomic E-state index is -0.531. The van der Waals surface area contributed by atoms with Crippen molar-refractivity contribution in [3.8, 4) is 5.69 Å². The summed E-state index contributed by atoms with van der Waals surface area (Å²) in [6, 6.07) is 15.6. The summed E-state index contributed by atoms with van der Waals surface area (Å²) in [5, 5.41) is 19.8. The van der Waals surface area contributed by atoms with Gasteiger partial charge in [0.2, 0.25) is 0 Å². The Hall–Kier alpha value is -4.41. The van der Waals surface area contributed by atoms with Gasteiger partial charge in [-0.2, -0.15) is 4.68 Å². The van der Waals surface area contributed by atoms with Crippen LogP contribution in [-0.4, -0.2) is 66.9 Å². The van der Waals surface area contributed by atoms with Gasteiger partial charge in [0.25, 0.3) is 11.6 Å². The van der Waals surface area contributed by atoms with Crippen molar-refractivity contribution in [2.75, 3.05) is 31.1 Å². The summed E-state index contributed by atoms with van der Waals surface area (Å²) in [7, 11) is 0. The fourth-order valence-electron chi connectivity index (χ4n) is 3.82. The molecule has 11 nitrogen and oxygen atoms in total. The zero-order chi connectivity index (χ0) is 22.1. The van der Waals surface area contributed by atoms with Gasteiger partial charge in [0.15, 0.2) is 17.0 Å². The Bertz CT molecular complexity index is 1300. The molecular weight excluding hydrogens is 412 g/mol. The Morgan fingerprint density at radius 3 is 2.41 bits per heavy atom. The van der Waals surface area contributed by atoms with Crippen LogP contribution < -0.4 is 4.90 Å². The lowest BCUT2D eigenvalue weighted by Crippen LogP contribution is -2.49. The van der Waals surface area contributed by atoms with Crippen molar-refractivity contribution in [1.29, 1.82) is 0 Å². The zero-order valence-corrected chi connectivity index (χ0v) is 16.9. The molecule has 1 aliphatic heterocycles. The van der Waals surface area contributed by atoms with Crippen LogP contribution in [0.25, 0.3) is 16.9 Å². The molecule has 4 aromatic rings. The van der Waals surface area contributed by atoms with E-state index in [9.17, 15) is 14.9 Å². The highest BCUT2D eigenvalue weighted by Gasteiger charge is 2.28. The Morgan fingerprint density at radius 2 is 1.66 bits per heavy atom. The third kappa shape index (κ3) is 3.39. The minimum Gasteiger partial charge on any atom is -0.351 e. The highest BCUT2D eigenvalue weighted by Crippen LogP contribution is 2.25. The maximum atomic E-state index is 12.9. The number of nitro benzene ring substituents is 1. The van der Waals surface area contributed by atoms with Crippen molar-refractivity contribution < 1.29 is 9.72 Å². The average Bonchev–Trinajstić information content (AvgIpc) is 3.28. The number of fused-ring (bicyclic) bond motifs is 1. The number of amides is 1. The van der Waals surface area contributed by atoms with E-state index in [0.717, 1.165) is 5.69 Å². The highest BCUT2D eigenvalue weighted by atomic mass is 16.6. The molecule has 0 unspecified atom stereocenters. The fourth-order valence-corrected chi connectivity index (χ4v) is 3.82. The first kappa shape index (κ1) is 19.5. The molecule has 11 heteroatoms. The molecule has 1 fully saturated rings. The molecule has 3 heterocycles. The monoisotopic (exact) mass is 430 g/mol. The van der Waals surface area contributed by atoms with Crippen LogP contribution >= 0.6 is 0 Å². The van der Waals surface area contributed by atoms with E-state index in [0.29, 0.717) is 43.2 Å². The smallest absolute Gasteiger partial charge is 0.282 e. The predicted molar refractivity (Wildman–Crippen MR) is 116 cm³/mol. The number of aromatic nitrogens is 5. The van der Waals surface area contributed by atoms with E-state index in [1.54, 1.807) is 21.7 Å². The number of nitro groups is 1. The molecule has 0 N–H and O–H groups in total. The van der Waals surface area contributed by atoms with Crippen molar-refractivity contribution >= 4 is 28.6 Å². The molecule has 0 aliphatic carbocycles. The van der Waals surface area contributed by atoms with Gasteiger partial charge >= 0.3 is 0 Å². The number of nitrogens with zero attached hydrogens (tertiary/aromatic N) is 8. The van der Waals surface area contributed by atoms with E-state index in [2.05, 4.69) is 20.3 Å². The number of benzene rings is 2. The molecule has 0 bridgehead atoms. The lowest BCUT2D eigenvalue weighted by molar-refractivity contribution is -0.385. The van der Waals surface area contributed by atoms with E-state index in [-0.39, 0.29) is 17.2 Å². The Morgan fingerprint density at radius 1 is 0.938 bits per heavy atom. The summed E-state index contributed by atoms with van der Waals surface area (Å²) in [5.74, 6) is 0.301. The van der Waals surface area contributed by atoms with Gasteiger partial charge in [0.05, 0.1) is 10.6 Å². The van der Waals surface area contributed by atoms with Crippen LogP contribution in [0, 0.1) is 10.1 Å². The van der Waals surface area contributed by atoms with Gasteiger partial charge in [-0.3, -0.25) is 14.9 Å². The first-order valence-electron chi connectivity index (χ1n) is 10.0. The summed E-state index contributed by atoms with van der Waals surface area (Å²) in [5.41, 5.74) is 1.94. The van der Waals surface area contributed by atoms with Crippen LogP contribution in [0.1, 0.15) is 10.4 Å². The van der Waals surface area contributed by atoms with Crippen LogP contribution in [0.3, 0.4) is 0 Å². The lowest BCUT2D eigenvalue weighted by atomic mass is 10.1. The number of hydrogen-bond donors (Lipinski definition) is 0. The van der Waals surface area contributed by atoms with E-state index in [1.807, 2.05) is 35.2 Å². The number of rotatable bonds is 4. The molecule has 1 saturated heterocycles. The number of anilines is 1. The molecular formula is C21H18N8O3. The predicted octanol–water partition coefficient (Wildman–Crippen LogP) is 2.08. The second kappa shape index (κ2) is 8.02. The van der Waals surface area contributed by atoms with Crippen LogP contribution in [0.15, 0.2) is 60.9 Å². The Balaban J connectivity index is 1.37. The van der Waals surface area contributed by atoms with Crippen molar-refractivity contribution in [1.82, 2.24) is 29.9 Å². The molecule has 0 atom stereocenters. The summed E-state index contributed by atoms with van der Waals surface area (Å²) in [6.07, 6.45) is 1.48. The van der Waals surface area contributed by atoms with Crippen molar-refractivity contribution in [2.45, 2.75) is 0 Å². The van der Waals surface area contributed by atoms with Gasteiger partial charge in [0.1, 0.15) is 11.9 Å². The SMILES string of the molecule is O=C(c1ccccc1[N+](=O)[O-])N1CCN(c2ncnc3c2nnn3-c2ccccc2)CC1. The van der Waals surface area contributed by atoms with Gasteiger partial charge in [-0.25, -0.2) is 9.97 Å². The second-order valence-electron chi connectivity index (χ2n) is 7.26. The molecule has 160 valence electrons. The van der Waals surface area contributed by atoms with Gasteiger partial charge in [-0.15, -0.1) is 5.10 Å². The second-order valence-corrected chi connectivity index (χ2v) is 7.26. The molecule has 0 radical (unpaired) electrons. The van der Waals surface area contributed by atoms with E-state index >= 15 is 0 Å². The first-order chi connectivity index (χ1) is 15.6. The fraction of sp³-hybridized carbons (Fsp3) is 0.190. The molecule has 1 amide bonds. The molecule has 2 aromatic carbocycles. The molecule has 0 saturated carbocycles. The number of hydrogen-bond acceptors (Lipinski definition) is 8. The molecule has 0 spiro atoms. The molecule has 32 heavy (non-hydrogen) atoms. The lowest BCUT2D eigenvalue weighted by Gasteiger charge is -2.35. The summed E-state index contributed by atoms with van der Waals surface area (Å²) >= 11 is 0. The molecule has 5 rings (SSSR count). The molecule has 2 aromatic heterocycles. The quantitative estimate of drug-likeness (QED) is 0.356. The number of piperazine rings is 1. The van der Waals surface area contributed by atoms with E-state index in [1.165, 1.54) is 18.5 Å². The standard InChI is InChI=1S/C21H18N8O3/c30-21(16-8-4-5-9-17(16)29(31)32)27-12-10-26(11-13-27)19-18-20(23-14-22-19)28(25-24-18)15-6-2-1-3-7-15/h1-9,14H,10-13H2. The Labute approximate surface area is 182 Å². The topological polar surface area (TPSA) is 123 Å². The van der Waals surface area contributed by atoms with Crippen LogP contribution in [-0.2, 0) is 0 Å². The van der Waals surface area contributed by atoms with Crippen LogP contribution in [0.4, 0.5) is 11.5 Å². The summed E-state index contributed by atoms with van der Waals surface area (Å²) in [4.78, 5) is 36.0. The van der Waals surface area contributed by atoms with E-state index < -0.39 is 4.92 Å². The summed E-state index contributed by atoms with van der Waals surface area (Å²) < 4.78 is 1.66. The van der Waals surface area contributed by atoms with Gasteiger partial charge in [-0.1, -0.05) is 35.5 Å². The number of carbonyl (C=O) groups excluding carboxylic acids is 1. The number of carbonyl (C=O) groups is 1. The average molecular weight is 430 g/mol. The largest absolute Gasteiger partial charge is 0.351 e. The normalized spacial score (nSPS) is 14.0. The van der Waals surface area contributed by atoms with Crippen LogP contribution in [0.5, 0.6) is 0 Å². The van der Waals surface area contributed by atoms with Crippen molar-refractivity contribution in [3.63, 3.8) is 0 Å². The minimum absolute atomic E-state index is 0.0983. The van der Waals surface area contributed by atoms with Gasteiger partial charge in [-0.05, 0) is 18.2 Å². The van der Waals surface area contributed by atoms with E-state index in [4.69, 9.17) is 0 Å². The Kier molecular flexibility index (Phi) is 4.90. The third-order valence-corrected chi connectivity index (χ3v) is 5.42. The summed E-state index contributed by atoms with van der Waals surface area (Å²) in [6.45, 7) is 1.83. The maximum Gasteiger partial charge on any atom is 0.282 e. The van der Waals surface area contributed by atoms with Crippen molar-refractivity contribution in [3.05, 3.63) is 76.6 Å². The van der Waals surface area contributed by atoms with Gasteiger partial charge < -0.3 is 9.80 Å². The molecule has 1 aliphatic rings. The first-order valence-corrected chi connectivity index (χ1v) is 10.0. The highest BCUT2D eigenvalue weighted by molar-refractivity contribution is 5.98. The van der Waals surface area contributed by atoms with Gasteiger partial charge in [0, 0.05) is 32.2 Å². The third-order valence-electron chi connectivity index (χ3n) is 5.42. The van der Waals surface area contributed by atoms with Crippen molar-refractivity contribution in [2.24, 2.45) is 0 Å². The maximum absolute atomic E-state index is 12.9.